The minimum atomic E-state index is 0. The molecule has 0 saturated carbocycles. The van der Waals surface area contributed by atoms with Gasteiger partial charge in [0.05, 0.1) is 26.5 Å². The van der Waals surface area contributed by atoms with Crippen LogP contribution in [0, 0.1) is 0 Å². The molecule has 27 heavy (non-hydrogen) atoms. The first kappa shape index (κ1) is 21.0. The third kappa shape index (κ3) is 5.61. The van der Waals surface area contributed by atoms with Gasteiger partial charge in [0.15, 0.2) is 5.96 Å². The van der Waals surface area contributed by atoms with Gasteiger partial charge in [-0.25, -0.2) is 4.99 Å². The van der Waals surface area contributed by atoms with Crippen LogP contribution in [0.2, 0.25) is 0 Å². The quantitative estimate of drug-likeness (QED) is 0.288. The van der Waals surface area contributed by atoms with Crippen LogP contribution in [-0.2, 0) is 6.54 Å². The minimum Gasteiger partial charge on any atom is -0.497 e. The fourth-order valence-electron chi connectivity index (χ4n) is 2.49. The molecule has 0 fully saturated rings. The van der Waals surface area contributed by atoms with Crippen molar-refractivity contribution in [3.05, 3.63) is 64.9 Å². The van der Waals surface area contributed by atoms with E-state index in [1.54, 1.807) is 25.6 Å². The molecule has 3 N–H and O–H groups in total. The summed E-state index contributed by atoms with van der Waals surface area (Å²) < 4.78 is 10.5. The van der Waals surface area contributed by atoms with Gasteiger partial charge < -0.3 is 20.5 Å². The van der Waals surface area contributed by atoms with E-state index < -0.39 is 0 Å². The largest absolute Gasteiger partial charge is 0.497 e. The lowest BCUT2D eigenvalue weighted by Crippen LogP contribution is -2.22. The molecule has 0 amide bonds. The van der Waals surface area contributed by atoms with Gasteiger partial charge in [0.2, 0.25) is 0 Å². The van der Waals surface area contributed by atoms with Crippen LogP contribution in [0.15, 0.2) is 65.0 Å². The van der Waals surface area contributed by atoms with Crippen molar-refractivity contribution in [1.29, 1.82) is 0 Å². The maximum atomic E-state index is 6.00. The molecule has 142 valence electrons. The van der Waals surface area contributed by atoms with Crippen LogP contribution in [0.4, 0.5) is 5.69 Å². The van der Waals surface area contributed by atoms with Crippen LogP contribution in [0.5, 0.6) is 11.5 Å². The minimum absolute atomic E-state index is 0. The molecular formula is C20H22IN3O2S. The molecule has 0 atom stereocenters. The zero-order chi connectivity index (χ0) is 18.4. The number of anilines is 1. The molecule has 0 unspecified atom stereocenters. The summed E-state index contributed by atoms with van der Waals surface area (Å²) in [4.78, 5) is 5.56. The maximum absolute atomic E-state index is 6.00. The Morgan fingerprint density at radius 1 is 1.04 bits per heavy atom. The monoisotopic (exact) mass is 495 g/mol. The third-order valence-corrected chi connectivity index (χ3v) is 4.77. The van der Waals surface area contributed by atoms with Crippen LogP contribution in [0.3, 0.4) is 0 Å². The molecular weight excluding hydrogens is 473 g/mol. The summed E-state index contributed by atoms with van der Waals surface area (Å²) in [5.74, 6) is 1.93. The van der Waals surface area contributed by atoms with Crippen LogP contribution >= 0.6 is 35.3 Å². The summed E-state index contributed by atoms with van der Waals surface area (Å²) in [6.07, 6.45) is 0. The number of para-hydroxylation sites is 2. The van der Waals surface area contributed by atoms with Gasteiger partial charge in [0.25, 0.3) is 0 Å². The molecule has 1 heterocycles. The Morgan fingerprint density at radius 2 is 1.78 bits per heavy atom. The normalized spacial score (nSPS) is 10.8. The standard InChI is InChI=1S/C20H21N3O2S.HI/c1-24-16-9-7-14(8-10-16)15-11-17(26-13-15)12-22-20(21)23-18-5-3-4-6-19(18)25-2;/h3-11,13H,12H2,1-2H3,(H3,21,22,23);1H. The number of nitrogens with one attached hydrogen (secondary N) is 1. The number of halogens is 1. The summed E-state index contributed by atoms with van der Waals surface area (Å²) in [5.41, 5.74) is 9.11. The van der Waals surface area contributed by atoms with Crippen molar-refractivity contribution in [2.45, 2.75) is 6.54 Å². The van der Waals surface area contributed by atoms with Crippen molar-refractivity contribution < 1.29 is 9.47 Å². The first-order valence-electron chi connectivity index (χ1n) is 8.11. The van der Waals surface area contributed by atoms with Gasteiger partial charge in [-0.2, -0.15) is 0 Å². The van der Waals surface area contributed by atoms with Gasteiger partial charge in [0.1, 0.15) is 11.5 Å². The number of guanidine groups is 1. The molecule has 5 nitrogen and oxygen atoms in total. The number of thiophene rings is 1. The van der Waals surface area contributed by atoms with E-state index in [4.69, 9.17) is 15.2 Å². The van der Waals surface area contributed by atoms with Crippen LogP contribution in [0.1, 0.15) is 4.88 Å². The van der Waals surface area contributed by atoms with E-state index in [0.717, 1.165) is 27.6 Å². The highest BCUT2D eigenvalue weighted by Gasteiger charge is 2.05. The Balaban J connectivity index is 0.00000261. The SMILES string of the molecule is COc1ccc(-c2csc(CN=C(N)Nc3ccccc3OC)c2)cc1.I. The van der Waals surface area contributed by atoms with E-state index >= 15 is 0 Å². The lowest BCUT2D eigenvalue weighted by Gasteiger charge is -2.09. The lowest BCUT2D eigenvalue weighted by atomic mass is 10.1. The van der Waals surface area contributed by atoms with Gasteiger partial charge in [-0.3, -0.25) is 0 Å². The summed E-state index contributed by atoms with van der Waals surface area (Å²) in [6, 6.07) is 17.7. The molecule has 0 radical (unpaired) electrons. The number of ether oxygens (including phenoxy) is 2. The predicted molar refractivity (Wildman–Crippen MR) is 124 cm³/mol. The molecule has 7 heteroatoms. The highest BCUT2D eigenvalue weighted by atomic mass is 127. The highest BCUT2D eigenvalue weighted by molar-refractivity contribution is 14.0. The summed E-state index contributed by atoms with van der Waals surface area (Å²) >= 11 is 1.66. The number of methoxy groups -OCH3 is 2. The number of hydrogen-bond acceptors (Lipinski definition) is 4. The second-order valence-corrected chi connectivity index (χ2v) is 6.55. The first-order chi connectivity index (χ1) is 12.7. The fourth-order valence-corrected chi connectivity index (χ4v) is 3.30. The van der Waals surface area contributed by atoms with Gasteiger partial charge in [-0.05, 0) is 46.8 Å². The lowest BCUT2D eigenvalue weighted by molar-refractivity contribution is 0.415. The molecule has 0 saturated heterocycles. The van der Waals surface area contributed by atoms with Crippen molar-refractivity contribution in [1.82, 2.24) is 0 Å². The molecule has 2 aromatic carbocycles. The molecule has 0 aliphatic carbocycles. The Morgan fingerprint density at radius 3 is 2.48 bits per heavy atom. The molecule has 3 aromatic rings. The highest BCUT2D eigenvalue weighted by Crippen LogP contribution is 2.28. The van der Waals surface area contributed by atoms with Crippen LogP contribution in [0.25, 0.3) is 11.1 Å². The van der Waals surface area contributed by atoms with Crippen LogP contribution < -0.4 is 20.5 Å². The molecule has 0 aliphatic rings. The Kier molecular flexibility index (Phi) is 7.93. The van der Waals surface area contributed by atoms with Gasteiger partial charge in [-0.1, -0.05) is 24.3 Å². The van der Waals surface area contributed by atoms with E-state index in [1.807, 2.05) is 48.5 Å². The second-order valence-electron chi connectivity index (χ2n) is 5.56. The Bertz CT molecular complexity index is 894. The van der Waals surface area contributed by atoms with Crippen molar-refractivity contribution in [3.8, 4) is 22.6 Å². The van der Waals surface area contributed by atoms with Crippen LogP contribution in [-0.4, -0.2) is 20.2 Å². The topological polar surface area (TPSA) is 68.9 Å². The zero-order valence-corrected chi connectivity index (χ0v) is 18.3. The number of benzene rings is 2. The molecule has 0 aliphatic heterocycles. The van der Waals surface area contributed by atoms with Gasteiger partial charge >= 0.3 is 0 Å². The van der Waals surface area contributed by atoms with E-state index in [0.29, 0.717) is 12.5 Å². The Hall–Kier alpha value is -2.26. The third-order valence-electron chi connectivity index (χ3n) is 3.85. The number of nitrogens with two attached hydrogens (primary N) is 1. The summed E-state index contributed by atoms with van der Waals surface area (Å²) in [5, 5.41) is 5.20. The van der Waals surface area contributed by atoms with Crippen molar-refractivity contribution in [2.75, 3.05) is 19.5 Å². The van der Waals surface area contributed by atoms with Crippen molar-refractivity contribution in [3.63, 3.8) is 0 Å². The predicted octanol–water partition coefficient (Wildman–Crippen LogP) is 4.98. The molecule has 1 aromatic heterocycles. The average Bonchev–Trinajstić information content (AvgIpc) is 3.16. The molecule has 0 spiro atoms. The second kappa shape index (κ2) is 10.2. The van der Waals surface area contributed by atoms with E-state index in [9.17, 15) is 0 Å². The fraction of sp³-hybridized carbons (Fsp3) is 0.150. The van der Waals surface area contributed by atoms with Crippen molar-refractivity contribution >= 4 is 47.0 Å². The van der Waals surface area contributed by atoms with E-state index in [-0.39, 0.29) is 24.0 Å². The summed E-state index contributed by atoms with van der Waals surface area (Å²) in [6.45, 7) is 0.523. The smallest absolute Gasteiger partial charge is 0.193 e. The molecule has 0 bridgehead atoms. The van der Waals surface area contributed by atoms with Gasteiger partial charge in [-0.15, -0.1) is 35.3 Å². The molecule has 3 rings (SSSR count). The first-order valence-corrected chi connectivity index (χ1v) is 8.99. The van der Waals surface area contributed by atoms with E-state index in [1.165, 1.54) is 5.56 Å². The van der Waals surface area contributed by atoms with E-state index in [2.05, 4.69) is 21.8 Å². The average molecular weight is 495 g/mol. The number of aliphatic imine (C=N–C) groups is 1. The number of hydrogen-bond donors (Lipinski definition) is 2. The Labute approximate surface area is 180 Å². The van der Waals surface area contributed by atoms with Crippen molar-refractivity contribution in [2.24, 2.45) is 10.7 Å². The maximum Gasteiger partial charge on any atom is 0.193 e. The zero-order valence-electron chi connectivity index (χ0n) is 15.1. The summed E-state index contributed by atoms with van der Waals surface area (Å²) in [7, 11) is 3.29. The number of rotatable bonds is 6. The number of nitrogens with zero attached hydrogens (tertiary/aromatic N) is 1. The van der Waals surface area contributed by atoms with Gasteiger partial charge in [0, 0.05) is 4.88 Å².